The summed E-state index contributed by atoms with van der Waals surface area (Å²) in [5, 5.41) is 12.2. The molecule has 1 saturated carbocycles. The number of nitrogens with zero attached hydrogens (tertiary/aromatic N) is 2. The van der Waals surface area contributed by atoms with E-state index in [1.807, 2.05) is 22.4 Å². The van der Waals surface area contributed by atoms with Gasteiger partial charge in [-0.1, -0.05) is 18.9 Å². The van der Waals surface area contributed by atoms with Crippen LogP contribution >= 0.6 is 11.3 Å². The number of aliphatic hydroxyl groups is 1. The Morgan fingerprint density at radius 3 is 2.62 bits per heavy atom. The number of rotatable bonds is 4. The van der Waals surface area contributed by atoms with E-state index in [0.29, 0.717) is 12.5 Å². The molecule has 1 aliphatic carbocycles. The van der Waals surface area contributed by atoms with E-state index < -0.39 is 6.10 Å². The van der Waals surface area contributed by atoms with Gasteiger partial charge in [0.05, 0.1) is 0 Å². The topological polar surface area (TPSA) is 43.8 Å². The Kier molecular flexibility index (Phi) is 4.93. The lowest BCUT2D eigenvalue weighted by Crippen LogP contribution is -2.50. The molecule has 2 heterocycles. The second kappa shape index (κ2) is 6.90. The van der Waals surface area contributed by atoms with Gasteiger partial charge in [-0.25, -0.2) is 0 Å². The number of aliphatic hydroxyl groups excluding tert-OH is 1. The van der Waals surface area contributed by atoms with Crippen LogP contribution in [0.3, 0.4) is 0 Å². The van der Waals surface area contributed by atoms with E-state index >= 15 is 0 Å². The van der Waals surface area contributed by atoms with Gasteiger partial charge in [0, 0.05) is 43.5 Å². The molecule has 0 unspecified atom stereocenters. The van der Waals surface area contributed by atoms with E-state index in [9.17, 15) is 9.90 Å². The van der Waals surface area contributed by atoms with Crippen LogP contribution in [0.1, 0.15) is 36.7 Å². The van der Waals surface area contributed by atoms with E-state index in [4.69, 9.17) is 0 Å². The monoisotopic (exact) mass is 308 g/mol. The van der Waals surface area contributed by atoms with Crippen LogP contribution in [0, 0.1) is 5.92 Å². The Morgan fingerprint density at radius 2 is 2.00 bits per heavy atom. The quantitative estimate of drug-likeness (QED) is 0.926. The highest BCUT2D eigenvalue weighted by Gasteiger charge is 2.29. The van der Waals surface area contributed by atoms with Crippen LogP contribution in [-0.2, 0) is 4.79 Å². The fraction of sp³-hybridized carbons (Fsp3) is 0.688. The first-order valence-corrected chi connectivity index (χ1v) is 8.84. The summed E-state index contributed by atoms with van der Waals surface area (Å²) in [6, 6.07) is 3.95. The van der Waals surface area contributed by atoms with Gasteiger partial charge >= 0.3 is 0 Å². The minimum absolute atomic E-state index is 0.285. The van der Waals surface area contributed by atoms with Crippen LogP contribution < -0.4 is 0 Å². The SMILES string of the molecule is O=C(C1CCCC1)N1CCN(C[C@H](O)c2cccs2)CC1. The summed E-state index contributed by atoms with van der Waals surface area (Å²) in [5.74, 6) is 0.652. The zero-order chi connectivity index (χ0) is 14.7. The first-order chi connectivity index (χ1) is 10.2. The molecule has 0 spiro atoms. The molecule has 1 amide bonds. The minimum Gasteiger partial charge on any atom is -0.386 e. The third-order valence-corrected chi connectivity index (χ3v) is 5.66. The van der Waals surface area contributed by atoms with Crippen LogP contribution in [-0.4, -0.2) is 53.5 Å². The van der Waals surface area contributed by atoms with Crippen molar-refractivity contribution < 1.29 is 9.90 Å². The maximum absolute atomic E-state index is 12.4. The van der Waals surface area contributed by atoms with Crippen molar-refractivity contribution in [2.45, 2.75) is 31.8 Å². The third-order valence-electron chi connectivity index (χ3n) is 4.69. The lowest BCUT2D eigenvalue weighted by atomic mass is 10.1. The van der Waals surface area contributed by atoms with Gasteiger partial charge in [-0.3, -0.25) is 9.69 Å². The smallest absolute Gasteiger partial charge is 0.225 e. The predicted octanol–water partition coefficient (Wildman–Crippen LogP) is 2.12. The molecular weight excluding hydrogens is 284 g/mol. The Hall–Kier alpha value is -0.910. The second-order valence-electron chi connectivity index (χ2n) is 6.14. The minimum atomic E-state index is -0.401. The normalized spacial score (nSPS) is 22.6. The van der Waals surface area contributed by atoms with Crippen LogP contribution in [0.2, 0.25) is 0 Å². The summed E-state index contributed by atoms with van der Waals surface area (Å²) in [7, 11) is 0. The van der Waals surface area contributed by atoms with Crippen molar-refractivity contribution >= 4 is 17.2 Å². The van der Waals surface area contributed by atoms with E-state index in [1.54, 1.807) is 11.3 Å². The van der Waals surface area contributed by atoms with Gasteiger partial charge in [0.25, 0.3) is 0 Å². The number of amides is 1. The van der Waals surface area contributed by atoms with Crippen molar-refractivity contribution in [3.05, 3.63) is 22.4 Å². The molecular formula is C16H24N2O2S. The molecule has 1 aliphatic heterocycles. The molecule has 2 aliphatic rings. The first-order valence-electron chi connectivity index (χ1n) is 7.96. The molecule has 0 aromatic carbocycles. The number of hydrogen-bond donors (Lipinski definition) is 1. The van der Waals surface area contributed by atoms with Crippen molar-refractivity contribution in [2.75, 3.05) is 32.7 Å². The number of piperazine rings is 1. The number of β-amino-alcohol motifs (C(OH)–C–C–N with tert-alkyl or cyclic N) is 1. The summed E-state index contributed by atoms with van der Waals surface area (Å²) < 4.78 is 0. The molecule has 4 nitrogen and oxygen atoms in total. The Bertz CT molecular complexity index is 449. The van der Waals surface area contributed by atoms with Gasteiger partial charge in [0.1, 0.15) is 6.10 Å². The molecule has 1 atom stereocenters. The van der Waals surface area contributed by atoms with Gasteiger partial charge in [0.2, 0.25) is 5.91 Å². The van der Waals surface area contributed by atoms with E-state index in [-0.39, 0.29) is 5.92 Å². The Balaban J connectivity index is 1.45. The molecule has 21 heavy (non-hydrogen) atoms. The molecule has 116 valence electrons. The van der Waals surface area contributed by atoms with E-state index in [1.165, 1.54) is 12.8 Å². The molecule has 1 aromatic rings. The summed E-state index contributed by atoms with van der Waals surface area (Å²) in [4.78, 5) is 17.7. The molecule has 1 N–H and O–H groups in total. The predicted molar refractivity (Wildman–Crippen MR) is 84.3 cm³/mol. The standard InChI is InChI=1S/C16H24N2O2S/c19-14(15-6-3-11-21-15)12-17-7-9-18(10-8-17)16(20)13-4-1-2-5-13/h3,6,11,13-14,19H,1-2,4-5,7-10,12H2/t14-/m0/s1. The zero-order valence-corrected chi connectivity index (χ0v) is 13.2. The highest BCUT2D eigenvalue weighted by Crippen LogP contribution is 2.27. The number of carbonyl (C=O) groups excluding carboxylic acids is 1. The summed E-state index contributed by atoms with van der Waals surface area (Å²) in [6.07, 6.45) is 4.18. The van der Waals surface area contributed by atoms with Crippen molar-refractivity contribution in [1.29, 1.82) is 0 Å². The van der Waals surface area contributed by atoms with Gasteiger partial charge in [-0.2, -0.15) is 0 Å². The van der Waals surface area contributed by atoms with Crippen molar-refractivity contribution in [3.8, 4) is 0 Å². The fourth-order valence-electron chi connectivity index (χ4n) is 3.40. The van der Waals surface area contributed by atoms with Crippen molar-refractivity contribution in [1.82, 2.24) is 9.80 Å². The molecule has 1 saturated heterocycles. The van der Waals surface area contributed by atoms with E-state index in [0.717, 1.165) is 43.9 Å². The van der Waals surface area contributed by atoms with Gasteiger partial charge in [-0.15, -0.1) is 11.3 Å². The lowest BCUT2D eigenvalue weighted by Gasteiger charge is -2.36. The van der Waals surface area contributed by atoms with Crippen LogP contribution in [0.4, 0.5) is 0 Å². The average Bonchev–Trinajstić information content (AvgIpc) is 3.20. The Morgan fingerprint density at radius 1 is 1.29 bits per heavy atom. The maximum atomic E-state index is 12.4. The molecule has 1 aromatic heterocycles. The third kappa shape index (κ3) is 3.65. The van der Waals surface area contributed by atoms with Gasteiger partial charge in [0.15, 0.2) is 0 Å². The zero-order valence-electron chi connectivity index (χ0n) is 12.4. The summed E-state index contributed by atoms with van der Waals surface area (Å²) >= 11 is 1.60. The first kappa shape index (κ1) is 15.0. The van der Waals surface area contributed by atoms with E-state index in [2.05, 4.69) is 4.90 Å². The van der Waals surface area contributed by atoms with Gasteiger partial charge < -0.3 is 10.0 Å². The molecule has 0 bridgehead atoms. The van der Waals surface area contributed by atoms with Crippen LogP contribution in [0.15, 0.2) is 17.5 Å². The van der Waals surface area contributed by atoms with Crippen LogP contribution in [0.5, 0.6) is 0 Å². The molecule has 0 radical (unpaired) electrons. The maximum Gasteiger partial charge on any atom is 0.225 e. The number of hydrogen-bond acceptors (Lipinski definition) is 4. The van der Waals surface area contributed by atoms with Crippen molar-refractivity contribution in [3.63, 3.8) is 0 Å². The lowest BCUT2D eigenvalue weighted by molar-refractivity contribution is -0.137. The van der Waals surface area contributed by atoms with Gasteiger partial charge in [-0.05, 0) is 24.3 Å². The van der Waals surface area contributed by atoms with Crippen molar-refractivity contribution in [2.24, 2.45) is 5.92 Å². The number of carbonyl (C=O) groups is 1. The largest absolute Gasteiger partial charge is 0.386 e. The molecule has 2 fully saturated rings. The fourth-order valence-corrected chi connectivity index (χ4v) is 4.10. The average molecular weight is 308 g/mol. The summed E-state index contributed by atoms with van der Waals surface area (Å²) in [5.41, 5.74) is 0. The Labute approximate surface area is 130 Å². The molecule has 3 rings (SSSR count). The summed E-state index contributed by atoms with van der Waals surface area (Å²) in [6.45, 7) is 4.05. The molecule has 5 heteroatoms. The van der Waals surface area contributed by atoms with Crippen LogP contribution in [0.25, 0.3) is 0 Å². The highest BCUT2D eigenvalue weighted by molar-refractivity contribution is 7.10. The number of thiophene rings is 1. The second-order valence-corrected chi connectivity index (χ2v) is 7.12. The highest BCUT2D eigenvalue weighted by atomic mass is 32.1.